The summed E-state index contributed by atoms with van der Waals surface area (Å²) < 4.78 is 0. The number of rotatable bonds is 0. The zero-order valence-electron chi connectivity index (χ0n) is 12.2. The second kappa shape index (κ2) is 5.02. The van der Waals surface area contributed by atoms with E-state index in [0.29, 0.717) is 0 Å². The van der Waals surface area contributed by atoms with Gasteiger partial charge < -0.3 is 9.80 Å². The van der Waals surface area contributed by atoms with Crippen molar-refractivity contribution in [3.8, 4) is 0 Å². The Balaban J connectivity index is 2.10. The molecule has 0 amide bonds. The Bertz CT molecular complexity index is 594. The Morgan fingerprint density at radius 1 is 0.850 bits per heavy atom. The predicted octanol–water partition coefficient (Wildman–Crippen LogP) is 4.23. The average Bonchev–Trinajstić information content (AvgIpc) is 2.37. The molecule has 104 valence electrons. The van der Waals surface area contributed by atoms with E-state index in [1.165, 1.54) is 28.1 Å². The molecule has 0 spiro atoms. The highest BCUT2D eigenvalue weighted by atomic mass is 35.5. The molecule has 1 heterocycles. The van der Waals surface area contributed by atoms with Crippen LogP contribution in [-0.4, -0.2) is 14.1 Å². The summed E-state index contributed by atoms with van der Waals surface area (Å²) in [5.41, 5.74) is 6.51. The maximum absolute atomic E-state index is 6.15. The van der Waals surface area contributed by atoms with Crippen LogP contribution in [0.15, 0.2) is 36.4 Å². The van der Waals surface area contributed by atoms with Crippen LogP contribution in [0.25, 0.3) is 0 Å². The largest absolute Gasteiger partial charge is 0.370 e. The Morgan fingerprint density at radius 3 is 2.05 bits per heavy atom. The Morgan fingerprint density at radius 2 is 1.40 bits per heavy atom. The molecule has 0 saturated heterocycles. The van der Waals surface area contributed by atoms with Crippen LogP contribution in [0.5, 0.6) is 0 Å². The van der Waals surface area contributed by atoms with Crippen molar-refractivity contribution in [2.45, 2.75) is 20.0 Å². The highest BCUT2D eigenvalue weighted by molar-refractivity contribution is 6.30. The molecule has 0 atom stereocenters. The molecule has 3 rings (SSSR count). The molecule has 0 aliphatic carbocycles. The summed E-state index contributed by atoms with van der Waals surface area (Å²) in [5, 5.41) is 0.801. The predicted molar refractivity (Wildman–Crippen MR) is 86.8 cm³/mol. The van der Waals surface area contributed by atoms with E-state index in [0.717, 1.165) is 18.1 Å². The third kappa shape index (κ3) is 2.36. The van der Waals surface area contributed by atoms with Crippen LogP contribution in [-0.2, 0) is 13.1 Å². The minimum Gasteiger partial charge on any atom is -0.370 e. The molecule has 1 aliphatic heterocycles. The molecule has 2 aromatic rings. The van der Waals surface area contributed by atoms with Crippen molar-refractivity contribution in [3.63, 3.8) is 0 Å². The molecule has 1 aliphatic rings. The van der Waals surface area contributed by atoms with Crippen molar-refractivity contribution in [3.05, 3.63) is 58.1 Å². The van der Waals surface area contributed by atoms with Crippen molar-refractivity contribution in [2.24, 2.45) is 0 Å². The summed E-state index contributed by atoms with van der Waals surface area (Å²) in [6.45, 7) is 3.93. The molecule has 2 aromatic carbocycles. The Labute approximate surface area is 125 Å². The van der Waals surface area contributed by atoms with Gasteiger partial charge in [-0.05, 0) is 42.3 Å². The fraction of sp³-hybridized carbons (Fsp3) is 0.294. The molecule has 0 fully saturated rings. The van der Waals surface area contributed by atoms with Gasteiger partial charge in [0.25, 0.3) is 0 Å². The van der Waals surface area contributed by atoms with Crippen molar-refractivity contribution >= 4 is 23.0 Å². The van der Waals surface area contributed by atoms with Gasteiger partial charge in [0, 0.05) is 43.6 Å². The van der Waals surface area contributed by atoms with Crippen molar-refractivity contribution < 1.29 is 0 Å². The van der Waals surface area contributed by atoms with E-state index in [-0.39, 0.29) is 0 Å². The first kappa shape index (κ1) is 13.3. The van der Waals surface area contributed by atoms with E-state index < -0.39 is 0 Å². The fourth-order valence-corrected chi connectivity index (χ4v) is 3.14. The Kier molecular flexibility index (Phi) is 3.35. The maximum atomic E-state index is 6.15. The number of halogens is 1. The molecule has 0 aromatic heterocycles. The topological polar surface area (TPSA) is 6.48 Å². The zero-order valence-corrected chi connectivity index (χ0v) is 12.9. The highest BCUT2D eigenvalue weighted by Gasteiger charge is 2.18. The summed E-state index contributed by atoms with van der Waals surface area (Å²) in [5.74, 6) is 0. The fourth-order valence-electron chi connectivity index (χ4n) is 2.95. The number of benzene rings is 2. The van der Waals surface area contributed by atoms with Gasteiger partial charge >= 0.3 is 0 Å². The van der Waals surface area contributed by atoms with Crippen LogP contribution in [0.4, 0.5) is 11.4 Å². The van der Waals surface area contributed by atoms with E-state index in [9.17, 15) is 0 Å². The summed E-state index contributed by atoms with van der Waals surface area (Å²) in [6, 6.07) is 12.8. The number of anilines is 2. The van der Waals surface area contributed by atoms with Gasteiger partial charge in [0.2, 0.25) is 0 Å². The molecular weight excluding hydrogens is 268 g/mol. The van der Waals surface area contributed by atoms with Gasteiger partial charge in [-0.25, -0.2) is 0 Å². The zero-order chi connectivity index (χ0) is 14.3. The Hall–Kier alpha value is -1.67. The summed E-state index contributed by atoms with van der Waals surface area (Å²) in [4.78, 5) is 4.61. The van der Waals surface area contributed by atoms with E-state index in [2.05, 4.69) is 61.2 Å². The minimum atomic E-state index is 0.801. The first-order valence-corrected chi connectivity index (χ1v) is 7.22. The van der Waals surface area contributed by atoms with Gasteiger partial charge in [0.15, 0.2) is 0 Å². The van der Waals surface area contributed by atoms with Crippen LogP contribution in [0.1, 0.15) is 16.7 Å². The lowest BCUT2D eigenvalue weighted by Crippen LogP contribution is -2.27. The molecule has 20 heavy (non-hydrogen) atoms. The van der Waals surface area contributed by atoms with Crippen molar-refractivity contribution in [1.82, 2.24) is 0 Å². The normalized spacial score (nSPS) is 14.4. The summed E-state index contributed by atoms with van der Waals surface area (Å²) in [6.07, 6.45) is 0. The molecule has 0 radical (unpaired) electrons. The number of hydrogen-bond donors (Lipinski definition) is 0. The van der Waals surface area contributed by atoms with Crippen molar-refractivity contribution in [2.75, 3.05) is 23.9 Å². The van der Waals surface area contributed by atoms with Gasteiger partial charge in [-0.1, -0.05) is 29.3 Å². The van der Waals surface area contributed by atoms with Gasteiger partial charge in [0.05, 0.1) is 0 Å². The van der Waals surface area contributed by atoms with Crippen LogP contribution in [0.3, 0.4) is 0 Å². The average molecular weight is 287 g/mol. The first-order chi connectivity index (χ1) is 9.54. The van der Waals surface area contributed by atoms with Gasteiger partial charge in [-0.15, -0.1) is 0 Å². The SMILES string of the molecule is Cc1ccc2c(c1)CN(C)c1ccc(Cl)cc1CN2C. The lowest BCUT2D eigenvalue weighted by atomic mass is 10.0. The minimum absolute atomic E-state index is 0.801. The van der Waals surface area contributed by atoms with Crippen molar-refractivity contribution in [1.29, 1.82) is 0 Å². The quantitative estimate of drug-likeness (QED) is 0.715. The molecule has 2 nitrogen and oxygen atoms in total. The van der Waals surface area contributed by atoms with Gasteiger partial charge in [0.1, 0.15) is 0 Å². The van der Waals surface area contributed by atoms with E-state index in [4.69, 9.17) is 11.6 Å². The highest BCUT2D eigenvalue weighted by Crippen LogP contribution is 2.32. The molecule has 0 bridgehead atoms. The standard InChI is InChI=1S/C17H19ClN2/c1-12-4-6-16-13(8-12)10-19(2)17-7-5-15(18)9-14(17)11-20(16)3/h4-9H,10-11H2,1-3H3. The molecule has 0 unspecified atom stereocenters. The number of nitrogens with zero attached hydrogens (tertiary/aromatic N) is 2. The second-order valence-electron chi connectivity index (χ2n) is 5.62. The summed E-state index contributed by atoms with van der Waals surface area (Å²) >= 11 is 6.15. The lowest BCUT2D eigenvalue weighted by molar-refractivity contribution is 0.836. The molecular formula is C17H19ClN2. The maximum Gasteiger partial charge on any atom is 0.0447 e. The third-order valence-electron chi connectivity index (χ3n) is 3.91. The lowest BCUT2D eigenvalue weighted by Gasteiger charge is -2.32. The summed E-state index contributed by atoms with van der Waals surface area (Å²) in [7, 11) is 4.29. The number of aryl methyl sites for hydroxylation is 1. The molecule has 0 N–H and O–H groups in total. The number of fused-ring (bicyclic) bond motifs is 2. The van der Waals surface area contributed by atoms with Gasteiger partial charge in [-0.3, -0.25) is 0 Å². The molecule has 0 saturated carbocycles. The second-order valence-corrected chi connectivity index (χ2v) is 6.05. The van der Waals surface area contributed by atoms with Gasteiger partial charge in [-0.2, -0.15) is 0 Å². The van der Waals surface area contributed by atoms with E-state index >= 15 is 0 Å². The van der Waals surface area contributed by atoms with E-state index in [1.807, 2.05) is 6.07 Å². The smallest absolute Gasteiger partial charge is 0.0447 e. The third-order valence-corrected chi connectivity index (χ3v) is 4.15. The van der Waals surface area contributed by atoms with Crippen LogP contribution in [0, 0.1) is 6.92 Å². The number of hydrogen-bond acceptors (Lipinski definition) is 2. The molecule has 3 heteroatoms. The van der Waals surface area contributed by atoms with Crippen LogP contribution >= 0.6 is 11.6 Å². The van der Waals surface area contributed by atoms with Crippen LogP contribution < -0.4 is 9.80 Å². The monoisotopic (exact) mass is 286 g/mol. The van der Waals surface area contributed by atoms with E-state index in [1.54, 1.807) is 0 Å². The van der Waals surface area contributed by atoms with Crippen LogP contribution in [0.2, 0.25) is 5.02 Å². The first-order valence-electron chi connectivity index (χ1n) is 6.85.